The van der Waals surface area contributed by atoms with Crippen molar-refractivity contribution in [1.82, 2.24) is 0 Å². The Morgan fingerprint density at radius 1 is 1.10 bits per heavy atom. The first kappa shape index (κ1) is 15.2. The molecule has 2 aromatic carbocycles. The topological polar surface area (TPSA) is 56.5 Å². The van der Waals surface area contributed by atoms with Crippen LogP contribution in [-0.2, 0) is 0 Å². The lowest BCUT2D eigenvalue weighted by Crippen LogP contribution is -2.20. The van der Waals surface area contributed by atoms with Crippen LogP contribution in [0.3, 0.4) is 0 Å². The third-order valence-electron chi connectivity index (χ3n) is 3.27. The molecule has 3 N–H and O–H groups in total. The Morgan fingerprint density at radius 3 is 2.43 bits per heavy atom. The second-order valence-corrected chi connectivity index (χ2v) is 4.63. The monoisotopic (exact) mass is 286 g/mol. The summed E-state index contributed by atoms with van der Waals surface area (Å²) in [4.78, 5) is 0. The molecule has 2 aromatic rings. The van der Waals surface area contributed by atoms with Gasteiger partial charge in [-0.25, -0.2) is 0 Å². The third kappa shape index (κ3) is 3.89. The number of hydrogen-bond acceptors (Lipinski definition) is 4. The zero-order chi connectivity index (χ0) is 15.1. The van der Waals surface area contributed by atoms with Gasteiger partial charge in [-0.05, 0) is 36.8 Å². The molecule has 2 rings (SSSR count). The Balaban J connectivity index is 2.15. The standard InChI is InChI=1S/C17H22N2O2/c1-3-21-14-10-8-13(9-11-14)16(12-18)19-15-6-4-5-7-17(15)20-2/h4-11,16,19H,3,12,18H2,1-2H3. The summed E-state index contributed by atoms with van der Waals surface area (Å²) in [5.41, 5.74) is 7.96. The lowest BCUT2D eigenvalue weighted by atomic mass is 10.1. The minimum atomic E-state index is 0.0250. The summed E-state index contributed by atoms with van der Waals surface area (Å²) < 4.78 is 10.8. The van der Waals surface area contributed by atoms with Crippen LogP contribution < -0.4 is 20.5 Å². The molecule has 0 fully saturated rings. The van der Waals surface area contributed by atoms with E-state index in [1.54, 1.807) is 7.11 Å². The van der Waals surface area contributed by atoms with Crippen LogP contribution >= 0.6 is 0 Å². The van der Waals surface area contributed by atoms with Gasteiger partial charge in [0, 0.05) is 6.54 Å². The van der Waals surface area contributed by atoms with Crippen molar-refractivity contribution in [2.45, 2.75) is 13.0 Å². The van der Waals surface area contributed by atoms with Gasteiger partial charge in [-0.15, -0.1) is 0 Å². The minimum Gasteiger partial charge on any atom is -0.495 e. The van der Waals surface area contributed by atoms with Crippen LogP contribution in [0.5, 0.6) is 11.5 Å². The smallest absolute Gasteiger partial charge is 0.141 e. The van der Waals surface area contributed by atoms with E-state index >= 15 is 0 Å². The molecule has 0 amide bonds. The summed E-state index contributed by atoms with van der Waals surface area (Å²) in [7, 11) is 1.66. The number of benzene rings is 2. The highest BCUT2D eigenvalue weighted by Gasteiger charge is 2.12. The average molecular weight is 286 g/mol. The van der Waals surface area contributed by atoms with Crippen LogP contribution in [0, 0.1) is 0 Å². The van der Waals surface area contributed by atoms with Crippen LogP contribution in [0.1, 0.15) is 18.5 Å². The van der Waals surface area contributed by atoms with Crippen molar-refractivity contribution in [3.05, 3.63) is 54.1 Å². The average Bonchev–Trinajstić information content (AvgIpc) is 2.54. The first-order valence-corrected chi connectivity index (χ1v) is 7.10. The highest BCUT2D eigenvalue weighted by atomic mass is 16.5. The molecular weight excluding hydrogens is 264 g/mol. The number of rotatable bonds is 7. The van der Waals surface area contributed by atoms with Crippen LogP contribution in [-0.4, -0.2) is 20.3 Å². The molecule has 112 valence electrons. The quantitative estimate of drug-likeness (QED) is 0.820. The van der Waals surface area contributed by atoms with E-state index in [1.807, 2.05) is 55.5 Å². The molecule has 1 unspecified atom stereocenters. The largest absolute Gasteiger partial charge is 0.495 e. The highest BCUT2D eigenvalue weighted by molar-refractivity contribution is 5.57. The Hall–Kier alpha value is -2.20. The van der Waals surface area contributed by atoms with E-state index in [0.29, 0.717) is 13.2 Å². The fourth-order valence-electron chi connectivity index (χ4n) is 2.19. The van der Waals surface area contributed by atoms with E-state index in [2.05, 4.69) is 5.32 Å². The number of nitrogens with two attached hydrogens (primary N) is 1. The van der Waals surface area contributed by atoms with Gasteiger partial charge in [0.15, 0.2) is 0 Å². The van der Waals surface area contributed by atoms with Crippen molar-refractivity contribution in [3.63, 3.8) is 0 Å². The van der Waals surface area contributed by atoms with E-state index in [1.165, 1.54) is 0 Å². The van der Waals surface area contributed by atoms with Gasteiger partial charge in [-0.3, -0.25) is 0 Å². The number of hydrogen-bond donors (Lipinski definition) is 2. The third-order valence-corrected chi connectivity index (χ3v) is 3.27. The predicted molar refractivity (Wildman–Crippen MR) is 86.0 cm³/mol. The maximum absolute atomic E-state index is 5.91. The molecule has 1 atom stereocenters. The van der Waals surface area contributed by atoms with Crippen molar-refractivity contribution in [1.29, 1.82) is 0 Å². The van der Waals surface area contributed by atoms with Gasteiger partial charge < -0.3 is 20.5 Å². The van der Waals surface area contributed by atoms with Crippen LogP contribution in [0.25, 0.3) is 0 Å². The van der Waals surface area contributed by atoms with E-state index in [9.17, 15) is 0 Å². The fourth-order valence-corrected chi connectivity index (χ4v) is 2.19. The van der Waals surface area contributed by atoms with Crippen molar-refractivity contribution >= 4 is 5.69 Å². The first-order valence-electron chi connectivity index (χ1n) is 7.10. The first-order chi connectivity index (χ1) is 10.3. The van der Waals surface area contributed by atoms with Crippen LogP contribution in [0.4, 0.5) is 5.69 Å². The Labute approximate surface area is 125 Å². The molecule has 0 saturated carbocycles. The van der Waals surface area contributed by atoms with Gasteiger partial charge in [0.1, 0.15) is 11.5 Å². The zero-order valence-electron chi connectivity index (χ0n) is 12.5. The lowest BCUT2D eigenvalue weighted by molar-refractivity contribution is 0.340. The summed E-state index contributed by atoms with van der Waals surface area (Å²) in [5.74, 6) is 1.68. The van der Waals surface area contributed by atoms with Crippen LogP contribution in [0.2, 0.25) is 0 Å². The number of methoxy groups -OCH3 is 1. The Bertz CT molecular complexity index is 555. The molecule has 21 heavy (non-hydrogen) atoms. The zero-order valence-corrected chi connectivity index (χ0v) is 12.5. The van der Waals surface area contributed by atoms with Gasteiger partial charge in [0.2, 0.25) is 0 Å². The van der Waals surface area contributed by atoms with E-state index in [4.69, 9.17) is 15.2 Å². The Kier molecular flexibility index (Phi) is 5.46. The number of ether oxygens (including phenoxy) is 2. The van der Waals surface area contributed by atoms with Gasteiger partial charge in [-0.1, -0.05) is 24.3 Å². The Morgan fingerprint density at radius 2 is 1.81 bits per heavy atom. The molecule has 4 heteroatoms. The maximum Gasteiger partial charge on any atom is 0.141 e. The van der Waals surface area contributed by atoms with E-state index in [0.717, 1.165) is 22.7 Å². The summed E-state index contributed by atoms with van der Waals surface area (Å²) in [6, 6.07) is 15.8. The van der Waals surface area contributed by atoms with Crippen molar-refractivity contribution in [2.24, 2.45) is 5.73 Å². The van der Waals surface area contributed by atoms with E-state index < -0.39 is 0 Å². The molecule has 0 radical (unpaired) electrons. The normalized spacial score (nSPS) is 11.8. The molecule has 0 bridgehead atoms. The summed E-state index contributed by atoms with van der Waals surface area (Å²) in [6.45, 7) is 3.13. The second-order valence-electron chi connectivity index (χ2n) is 4.63. The molecule has 0 spiro atoms. The van der Waals surface area contributed by atoms with Gasteiger partial charge >= 0.3 is 0 Å². The lowest BCUT2D eigenvalue weighted by Gasteiger charge is -2.20. The molecule has 0 aliphatic heterocycles. The SMILES string of the molecule is CCOc1ccc(C(CN)Nc2ccccc2OC)cc1. The van der Waals surface area contributed by atoms with Crippen molar-refractivity contribution in [3.8, 4) is 11.5 Å². The highest BCUT2D eigenvalue weighted by Crippen LogP contribution is 2.28. The molecule has 0 saturated heterocycles. The van der Waals surface area contributed by atoms with Crippen molar-refractivity contribution < 1.29 is 9.47 Å². The predicted octanol–water partition coefficient (Wildman–Crippen LogP) is 3.21. The maximum atomic E-state index is 5.91. The molecule has 0 heterocycles. The molecule has 0 aliphatic carbocycles. The fraction of sp³-hybridized carbons (Fsp3) is 0.294. The number of para-hydroxylation sites is 2. The molecular formula is C17H22N2O2. The molecule has 4 nitrogen and oxygen atoms in total. The number of nitrogens with one attached hydrogen (secondary N) is 1. The second kappa shape index (κ2) is 7.55. The van der Waals surface area contributed by atoms with Crippen LogP contribution in [0.15, 0.2) is 48.5 Å². The summed E-state index contributed by atoms with van der Waals surface area (Å²) >= 11 is 0. The summed E-state index contributed by atoms with van der Waals surface area (Å²) in [5, 5.41) is 3.43. The summed E-state index contributed by atoms with van der Waals surface area (Å²) in [6.07, 6.45) is 0. The van der Waals surface area contributed by atoms with E-state index in [-0.39, 0.29) is 6.04 Å². The van der Waals surface area contributed by atoms with Crippen molar-refractivity contribution in [2.75, 3.05) is 25.6 Å². The molecule has 0 aromatic heterocycles. The molecule has 0 aliphatic rings. The number of anilines is 1. The van der Waals surface area contributed by atoms with Gasteiger partial charge in [0.25, 0.3) is 0 Å². The minimum absolute atomic E-state index is 0.0250. The van der Waals surface area contributed by atoms with Gasteiger partial charge in [0.05, 0.1) is 25.4 Å². The van der Waals surface area contributed by atoms with Gasteiger partial charge in [-0.2, -0.15) is 0 Å².